The number of thiocarbonyl (C=S) groups is 1. The fraction of sp³-hybridized carbons (Fsp3) is 0.133. The monoisotopic (exact) mass is 256 g/mol. The molecular weight excluding hydrogens is 240 g/mol. The Kier molecular flexibility index (Phi) is 3.95. The fourth-order valence-corrected chi connectivity index (χ4v) is 1.98. The van der Waals surface area contributed by atoms with E-state index in [1.807, 2.05) is 37.3 Å². The van der Waals surface area contributed by atoms with Crippen LogP contribution in [0.25, 0.3) is 0 Å². The second-order valence-electron chi connectivity index (χ2n) is 4.25. The Hall–Kier alpha value is -1.87. The van der Waals surface area contributed by atoms with Crippen LogP contribution in [0, 0.1) is 6.92 Å². The Bertz CT molecular complexity index is 550. The van der Waals surface area contributed by atoms with E-state index in [1.54, 1.807) is 0 Å². The highest BCUT2D eigenvalue weighted by atomic mass is 32.1. The topological polar surface area (TPSA) is 38.0 Å². The largest absolute Gasteiger partial charge is 0.389 e. The molecule has 3 N–H and O–H groups in total. The highest BCUT2D eigenvalue weighted by Gasteiger charge is 2.05. The number of aryl methyl sites for hydroxylation is 1. The van der Waals surface area contributed by atoms with Gasteiger partial charge in [0.15, 0.2) is 0 Å². The molecule has 0 saturated heterocycles. The van der Waals surface area contributed by atoms with Gasteiger partial charge in [0, 0.05) is 17.8 Å². The van der Waals surface area contributed by atoms with Crippen LogP contribution in [-0.2, 0) is 6.54 Å². The van der Waals surface area contributed by atoms with E-state index in [1.165, 1.54) is 5.56 Å². The molecule has 0 radical (unpaired) electrons. The SMILES string of the molecule is Cc1ccc(NCc2ccccc2)c(C(N)=S)c1. The first-order valence-electron chi connectivity index (χ1n) is 5.85. The zero-order chi connectivity index (χ0) is 13.0. The van der Waals surface area contributed by atoms with Gasteiger partial charge in [-0.2, -0.15) is 0 Å². The van der Waals surface area contributed by atoms with Gasteiger partial charge in [-0.1, -0.05) is 54.2 Å². The van der Waals surface area contributed by atoms with Crippen LogP contribution in [0.15, 0.2) is 48.5 Å². The summed E-state index contributed by atoms with van der Waals surface area (Å²) >= 11 is 5.08. The first-order chi connectivity index (χ1) is 8.66. The third-order valence-corrected chi connectivity index (χ3v) is 2.99. The molecule has 0 unspecified atom stereocenters. The molecule has 2 nitrogen and oxygen atoms in total. The van der Waals surface area contributed by atoms with Crippen molar-refractivity contribution >= 4 is 22.9 Å². The Balaban J connectivity index is 2.17. The van der Waals surface area contributed by atoms with Crippen molar-refractivity contribution in [1.29, 1.82) is 0 Å². The fourth-order valence-electron chi connectivity index (χ4n) is 1.81. The van der Waals surface area contributed by atoms with Crippen LogP contribution in [0.4, 0.5) is 5.69 Å². The second kappa shape index (κ2) is 5.65. The second-order valence-corrected chi connectivity index (χ2v) is 4.69. The summed E-state index contributed by atoms with van der Waals surface area (Å²) in [5, 5.41) is 3.37. The lowest BCUT2D eigenvalue weighted by Crippen LogP contribution is -2.13. The molecule has 3 heteroatoms. The Morgan fingerprint density at radius 1 is 1.17 bits per heavy atom. The van der Waals surface area contributed by atoms with Crippen LogP contribution in [0.1, 0.15) is 16.7 Å². The number of nitrogens with one attached hydrogen (secondary N) is 1. The van der Waals surface area contributed by atoms with Gasteiger partial charge in [0.1, 0.15) is 4.99 Å². The molecule has 0 aromatic heterocycles. The highest BCUT2D eigenvalue weighted by molar-refractivity contribution is 7.80. The standard InChI is InChI=1S/C15H16N2S/c1-11-7-8-14(13(9-11)15(16)18)17-10-12-5-3-2-4-6-12/h2-9,17H,10H2,1H3,(H2,16,18). The maximum atomic E-state index is 5.74. The van der Waals surface area contributed by atoms with E-state index in [0.717, 1.165) is 23.4 Å². The van der Waals surface area contributed by atoms with Crippen molar-refractivity contribution < 1.29 is 0 Å². The Labute approximate surface area is 113 Å². The van der Waals surface area contributed by atoms with E-state index in [2.05, 4.69) is 23.5 Å². The quantitative estimate of drug-likeness (QED) is 0.825. The Morgan fingerprint density at radius 2 is 1.89 bits per heavy atom. The van der Waals surface area contributed by atoms with E-state index in [-0.39, 0.29) is 0 Å². The van der Waals surface area contributed by atoms with Gasteiger partial charge in [-0.05, 0) is 24.6 Å². The van der Waals surface area contributed by atoms with Crippen LogP contribution >= 0.6 is 12.2 Å². The van der Waals surface area contributed by atoms with Crippen molar-refractivity contribution in [3.8, 4) is 0 Å². The zero-order valence-electron chi connectivity index (χ0n) is 10.3. The van der Waals surface area contributed by atoms with Gasteiger partial charge in [0.05, 0.1) is 0 Å². The summed E-state index contributed by atoms with van der Waals surface area (Å²) in [5.74, 6) is 0. The first kappa shape index (κ1) is 12.6. The molecule has 0 fully saturated rings. The normalized spacial score (nSPS) is 10.1. The predicted octanol–water partition coefficient (Wildman–Crippen LogP) is 3.24. The molecule has 2 aromatic carbocycles. The van der Waals surface area contributed by atoms with Crippen LogP contribution in [0.3, 0.4) is 0 Å². The van der Waals surface area contributed by atoms with Gasteiger partial charge >= 0.3 is 0 Å². The number of anilines is 1. The summed E-state index contributed by atoms with van der Waals surface area (Å²) in [6.07, 6.45) is 0. The molecule has 0 bridgehead atoms. The van der Waals surface area contributed by atoms with Crippen LogP contribution in [0.2, 0.25) is 0 Å². The summed E-state index contributed by atoms with van der Waals surface area (Å²) in [4.78, 5) is 0.425. The minimum Gasteiger partial charge on any atom is -0.389 e. The van der Waals surface area contributed by atoms with Gasteiger partial charge in [0.25, 0.3) is 0 Å². The van der Waals surface area contributed by atoms with E-state index in [9.17, 15) is 0 Å². The molecule has 2 rings (SSSR count). The maximum absolute atomic E-state index is 5.74. The van der Waals surface area contributed by atoms with E-state index < -0.39 is 0 Å². The summed E-state index contributed by atoms with van der Waals surface area (Å²) < 4.78 is 0. The molecule has 0 aliphatic rings. The van der Waals surface area contributed by atoms with Crippen molar-refractivity contribution in [3.63, 3.8) is 0 Å². The molecule has 0 amide bonds. The highest BCUT2D eigenvalue weighted by Crippen LogP contribution is 2.18. The number of rotatable bonds is 4. The molecule has 0 aliphatic heterocycles. The van der Waals surface area contributed by atoms with Crippen molar-refractivity contribution in [1.82, 2.24) is 0 Å². The lowest BCUT2D eigenvalue weighted by Gasteiger charge is -2.12. The molecule has 2 aromatic rings. The van der Waals surface area contributed by atoms with Crippen molar-refractivity contribution in [3.05, 3.63) is 65.2 Å². The van der Waals surface area contributed by atoms with E-state index in [0.29, 0.717) is 4.99 Å². The molecule has 92 valence electrons. The van der Waals surface area contributed by atoms with Crippen molar-refractivity contribution in [2.24, 2.45) is 5.73 Å². The predicted molar refractivity (Wildman–Crippen MR) is 80.8 cm³/mol. The van der Waals surface area contributed by atoms with Crippen molar-refractivity contribution in [2.75, 3.05) is 5.32 Å². The molecule has 18 heavy (non-hydrogen) atoms. The van der Waals surface area contributed by atoms with Gasteiger partial charge in [-0.15, -0.1) is 0 Å². The number of nitrogens with two attached hydrogens (primary N) is 1. The summed E-state index contributed by atoms with van der Waals surface area (Å²) in [7, 11) is 0. The minimum absolute atomic E-state index is 0.425. The van der Waals surface area contributed by atoms with Crippen LogP contribution in [-0.4, -0.2) is 4.99 Å². The molecule has 0 atom stereocenters. The average Bonchev–Trinajstić information content (AvgIpc) is 2.38. The zero-order valence-corrected chi connectivity index (χ0v) is 11.1. The number of hydrogen-bond acceptors (Lipinski definition) is 2. The molecule has 0 aliphatic carbocycles. The minimum atomic E-state index is 0.425. The lowest BCUT2D eigenvalue weighted by atomic mass is 10.1. The van der Waals surface area contributed by atoms with Crippen LogP contribution < -0.4 is 11.1 Å². The maximum Gasteiger partial charge on any atom is 0.106 e. The smallest absolute Gasteiger partial charge is 0.106 e. The Morgan fingerprint density at radius 3 is 2.56 bits per heavy atom. The molecule has 0 saturated carbocycles. The molecular formula is C15H16N2S. The summed E-state index contributed by atoms with van der Waals surface area (Å²) in [5.41, 5.74) is 10.0. The third kappa shape index (κ3) is 3.08. The third-order valence-electron chi connectivity index (χ3n) is 2.77. The summed E-state index contributed by atoms with van der Waals surface area (Å²) in [6, 6.07) is 16.3. The van der Waals surface area contributed by atoms with Gasteiger partial charge < -0.3 is 11.1 Å². The average molecular weight is 256 g/mol. The van der Waals surface area contributed by atoms with Gasteiger partial charge in [-0.3, -0.25) is 0 Å². The number of hydrogen-bond donors (Lipinski definition) is 2. The molecule has 0 spiro atoms. The van der Waals surface area contributed by atoms with Crippen LogP contribution in [0.5, 0.6) is 0 Å². The van der Waals surface area contributed by atoms with Gasteiger partial charge in [0.2, 0.25) is 0 Å². The lowest BCUT2D eigenvalue weighted by molar-refractivity contribution is 1.15. The van der Waals surface area contributed by atoms with Crippen molar-refractivity contribution in [2.45, 2.75) is 13.5 Å². The number of benzene rings is 2. The van der Waals surface area contributed by atoms with E-state index >= 15 is 0 Å². The first-order valence-corrected chi connectivity index (χ1v) is 6.26. The molecule has 0 heterocycles. The van der Waals surface area contributed by atoms with Gasteiger partial charge in [-0.25, -0.2) is 0 Å². The summed E-state index contributed by atoms with van der Waals surface area (Å²) in [6.45, 7) is 2.79. The van der Waals surface area contributed by atoms with E-state index in [4.69, 9.17) is 18.0 Å².